The highest BCUT2D eigenvalue weighted by Crippen LogP contribution is 2.10. The van der Waals surface area contributed by atoms with Crippen molar-refractivity contribution in [2.75, 3.05) is 20.7 Å². The van der Waals surface area contributed by atoms with Crippen LogP contribution in [0.2, 0.25) is 0 Å². The molecule has 0 aliphatic rings. The van der Waals surface area contributed by atoms with Gasteiger partial charge in [-0.2, -0.15) is 0 Å². The first kappa shape index (κ1) is 13.4. The van der Waals surface area contributed by atoms with E-state index in [-0.39, 0.29) is 12.0 Å². The fourth-order valence-corrected chi connectivity index (χ4v) is 1.26. The van der Waals surface area contributed by atoms with Crippen molar-refractivity contribution < 1.29 is 9.53 Å². The van der Waals surface area contributed by atoms with Crippen LogP contribution in [0.5, 0.6) is 0 Å². The molecule has 0 heterocycles. The van der Waals surface area contributed by atoms with Crippen LogP contribution >= 0.6 is 0 Å². The number of carbonyl (C=O) groups is 1. The van der Waals surface area contributed by atoms with Crippen LogP contribution in [0.4, 0.5) is 0 Å². The molecule has 84 valence electrons. The van der Waals surface area contributed by atoms with Crippen molar-refractivity contribution in [3.8, 4) is 0 Å². The van der Waals surface area contributed by atoms with Crippen molar-refractivity contribution in [2.24, 2.45) is 5.92 Å². The minimum absolute atomic E-state index is 0.0921. The Hall–Kier alpha value is -0.570. The van der Waals surface area contributed by atoms with Gasteiger partial charge < -0.3 is 4.74 Å². The fraction of sp³-hybridized carbons (Fsp3) is 0.909. The standard InChI is InChI=1S/C11H23NO2/c1-6-7-14-11(13)10(12(4)5)8-9(2)3/h9-10H,6-8H2,1-5H3/t10-/m0/s1. The van der Waals surface area contributed by atoms with Crippen LogP contribution in [-0.4, -0.2) is 37.6 Å². The monoisotopic (exact) mass is 201 g/mol. The molecule has 0 radical (unpaired) electrons. The van der Waals surface area contributed by atoms with E-state index in [2.05, 4.69) is 13.8 Å². The Morgan fingerprint density at radius 3 is 2.29 bits per heavy atom. The summed E-state index contributed by atoms with van der Waals surface area (Å²) in [5, 5.41) is 0. The second-order valence-electron chi connectivity index (χ2n) is 4.28. The van der Waals surface area contributed by atoms with Crippen LogP contribution in [0.1, 0.15) is 33.6 Å². The van der Waals surface area contributed by atoms with Crippen LogP contribution in [0, 0.1) is 5.92 Å². The third kappa shape index (κ3) is 5.22. The van der Waals surface area contributed by atoms with Gasteiger partial charge in [0.15, 0.2) is 0 Å². The van der Waals surface area contributed by atoms with Crippen LogP contribution < -0.4 is 0 Å². The van der Waals surface area contributed by atoms with E-state index in [1.165, 1.54) is 0 Å². The van der Waals surface area contributed by atoms with Crippen molar-refractivity contribution in [1.29, 1.82) is 0 Å². The number of rotatable bonds is 6. The fourth-order valence-electron chi connectivity index (χ4n) is 1.26. The van der Waals surface area contributed by atoms with Crippen LogP contribution in [0.25, 0.3) is 0 Å². The second-order valence-corrected chi connectivity index (χ2v) is 4.28. The van der Waals surface area contributed by atoms with E-state index in [4.69, 9.17) is 4.74 Å². The number of ether oxygens (including phenoxy) is 1. The van der Waals surface area contributed by atoms with E-state index in [1.807, 2.05) is 25.9 Å². The topological polar surface area (TPSA) is 29.5 Å². The molecule has 0 aromatic rings. The molecule has 0 spiro atoms. The summed E-state index contributed by atoms with van der Waals surface area (Å²) in [4.78, 5) is 13.5. The van der Waals surface area contributed by atoms with Gasteiger partial charge in [0, 0.05) is 0 Å². The maximum absolute atomic E-state index is 11.6. The second kappa shape index (κ2) is 6.82. The van der Waals surface area contributed by atoms with Gasteiger partial charge in [0.2, 0.25) is 0 Å². The van der Waals surface area contributed by atoms with Gasteiger partial charge in [0.1, 0.15) is 6.04 Å². The summed E-state index contributed by atoms with van der Waals surface area (Å²) in [7, 11) is 3.83. The summed E-state index contributed by atoms with van der Waals surface area (Å²) in [5.74, 6) is 0.419. The maximum Gasteiger partial charge on any atom is 0.323 e. The molecule has 0 fully saturated rings. The molecule has 0 aromatic carbocycles. The summed E-state index contributed by atoms with van der Waals surface area (Å²) in [5.41, 5.74) is 0. The molecule has 1 atom stereocenters. The van der Waals surface area contributed by atoms with Gasteiger partial charge in [-0.1, -0.05) is 20.8 Å². The van der Waals surface area contributed by atoms with Crippen molar-refractivity contribution in [1.82, 2.24) is 4.90 Å². The van der Waals surface area contributed by atoms with E-state index in [0.717, 1.165) is 12.8 Å². The van der Waals surface area contributed by atoms with Gasteiger partial charge in [-0.15, -0.1) is 0 Å². The number of esters is 1. The third-order valence-electron chi connectivity index (χ3n) is 2.04. The number of hydrogen-bond donors (Lipinski definition) is 0. The summed E-state index contributed by atoms with van der Waals surface area (Å²) in [6.07, 6.45) is 1.74. The first-order valence-corrected chi connectivity index (χ1v) is 5.32. The van der Waals surface area contributed by atoms with Gasteiger partial charge in [-0.3, -0.25) is 9.69 Å². The molecule has 0 saturated carbocycles. The van der Waals surface area contributed by atoms with Gasteiger partial charge in [0.25, 0.3) is 0 Å². The molecule has 0 bridgehead atoms. The minimum atomic E-state index is -0.0958. The van der Waals surface area contributed by atoms with E-state index in [0.29, 0.717) is 12.5 Å². The zero-order valence-corrected chi connectivity index (χ0v) is 10.0. The molecule has 0 N–H and O–H groups in total. The van der Waals surface area contributed by atoms with Crippen molar-refractivity contribution in [3.63, 3.8) is 0 Å². The Morgan fingerprint density at radius 1 is 1.36 bits per heavy atom. The van der Waals surface area contributed by atoms with E-state index in [9.17, 15) is 4.79 Å². The molecule has 0 rings (SSSR count). The zero-order chi connectivity index (χ0) is 11.1. The number of nitrogens with zero attached hydrogens (tertiary/aromatic N) is 1. The third-order valence-corrected chi connectivity index (χ3v) is 2.04. The van der Waals surface area contributed by atoms with Crippen LogP contribution in [0.3, 0.4) is 0 Å². The normalized spacial score (nSPS) is 13.4. The predicted octanol–water partition coefficient (Wildman–Crippen LogP) is 1.92. The summed E-state index contributed by atoms with van der Waals surface area (Å²) in [6, 6.07) is -0.0958. The van der Waals surface area contributed by atoms with Gasteiger partial charge >= 0.3 is 5.97 Å². The van der Waals surface area contributed by atoms with Gasteiger partial charge in [0.05, 0.1) is 6.61 Å². The highest BCUT2D eigenvalue weighted by Gasteiger charge is 2.22. The van der Waals surface area contributed by atoms with Crippen LogP contribution in [-0.2, 0) is 9.53 Å². The number of likely N-dealkylation sites (N-methyl/N-ethyl adjacent to an activating group) is 1. The minimum Gasteiger partial charge on any atom is -0.465 e. The Bertz CT molecular complexity index is 167. The van der Waals surface area contributed by atoms with E-state index >= 15 is 0 Å². The lowest BCUT2D eigenvalue weighted by Gasteiger charge is -2.23. The molecule has 0 aliphatic heterocycles. The molecule has 3 nitrogen and oxygen atoms in total. The summed E-state index contributed by atoms with van der Waals surface area (Å²) in [6.45, 7) is 6.76. The quantitative estimate of drug-likeness (QED) is 0.615. The highest BCUT2D eigenvalue weighted by atomic mass is 16.5. The van der Waals surface area contributed by atoms with Crippen molar-refractivity contribution in [3.05, 3.63) is 0 Å². The average Bonchev–Trinajstić information content (AvgIpc) is 2.09. The van der Waals surface area contributed by atoms with E-state index < -0.39 is 0 Å². The van der Waals surface area contributed by atoms with Crippen molar-refractivity contribution >= 4 is 5.97 Å². The van der Waals surface area contributed by atoms with Crippen LogP contribution in [0.15, 0.2) is 0 Å². The lowest BCUT2D eigenvalue weighted by Crippen LogP contribution is -2.38. The summed E-state index contributed by atoms with van der Waals surface area (Å²) >= 11 is 0. The van der Waals surface area contributed by atoms with Gasteiger partial charge in [-0.25, -0.2) is 0 Å². The SMILES string of the molecule is CCCOC(=O)[C@H](CC(C)C)N(C)C. The largest absolute Gasteiger partial charge is 0.465 e. The lowest BCUT2D eigenvalue weighted by atomic mass is 10.0. The Balaban J connectivity index is 4.12. The number of hydrogen-bond acceptors (Lipinski definition) is 3. The molecule has 0 amide bonds. The Labute approximate surface area is 87.4 Å². The molecular formula is C11H23NO2. The van der Waals surface area contributed by atoms with Gasteiger partial charge in [-0.05, 0) is 32.9 Å². The molecular weight excluding hydrogens is 178 g/mol. The van der Waals surface area contributed by atoms with Crippen molar-refractivity contribution in [2.45, 2.75) is 39.7 Å². The molecule has 3 heteroatoms. The zero-order valence-electron chi connectivity index (χ0n) is 10.0. The number of carbonyl (C=O) groups excluding carboxylic acids is 1. The molecule has 0 saturated heterocycles. The predicted molar refractivity (Wildman–Crippen MR) is 58.2 cm³/mol. The molecule has 0 unspecified atom stereocenters. The molecule has 0 aliphatic carbocycles. The first-order valence-electron chi connectivity index (χ1n) is 5.32. The Morgan fingerprint density at radius 2 is 1.93 bits per heavy atom. The first-order chi connectivity index (χ1) is 6.49. The maximum atomic E-state index is 11.6. The smallest absolute Gasteiger partial charge is 0.323 e. The lowest BCUT2D eigenvalue weighted by molar-refractivity contribution is -0.149. The Kier molecular flexibility index (Phi) is 6.54. The van der Waals surface area contributed by atoms with E-state index in [1.54, 1.807) is 0 Å². The molecule has 0 aromatic heterocycles. The highest BCUT2D eigenvalue weighted by molar-refractivity contribution is 5.75. The average molecular weight is 201 g/mol. The summed E-state index contributed by atoms with van der Waals surface area (Å²) < 4.78 is 5.13. The molecule has 14 heavy (non-hydrogen) atoms.